The molecule has 0 aliphatic carbocycles. The largest absolute Gasteiger partial charge is 0.480 e. The molecular formula is C11H23NO2S. The monoisotopic (exact) mass is 233 g/mol. The van der Waals surface area contributed by atoms with E-state index in [2.05, 4.69) is 19.2 Å². The topological polar surface area (TPSA) is 49.3 Å². The smallest absolute Gasteiger partial charge is 0.323 e. The summed E-state index contributed by atoms with van der Waals surface area (Å²) in [5, 5.41) is 12.8. The van der Waals surface area contributed by atoms with E-state index in [4.69, 9.17) is 0 Å². The molecule has 0 spiro atoms. The predicted octanol–water partition coefficient (Wildman–Crippen LogP) is 2.36. The van der Waals surface area contributed by atoms with Crippen LogP contribution in [-0.2, 0) is 4.79 Å². The summed E-state index contributed by atoms with van der Waals surface area (Å²) in [4.78, 5) is 11.2. The second-order valence-corrected chi connectivity index (χ2v) is 6.29. The fourth-order valence-electron chi connectivity index (χ4n) is 1.38. The van der Waals surface area contributed by atoms with Gasteiger partial charge in [0.2, 0.25) is 0 Å². The van der Waals surface area contributed by atoms with Gasteiger partial charge < -0.3 is 5.11 Å². The van der Waals surface area contributed by atoms with Gasteiger partial charge in [0.1, 0.15) is 5.54 Å². The van der Waals surface area contributed by atoms with Crippen LogP contribution in [0.5, 0.6) is 0 Å². The van der Waals surface area contributed by atoms with E-state index >= 15 is 0 Å². The van der Waals surface area contributed by atoms with Crippen LogP contribution in [0.25, 0.3) is 0 Å². The zero-order valence-corrected chi connectivity index (χ0v) is 11.1. The molecule has 0 amide bonds. The van der Waals surface area contributed by atoms with Gasteiger partial charge in [-0.2, -0.15) is 11.8 Å². The highest BCUT2D eigenvalue weighted by Gasteiger charge is 2.32. The number of carbonyl (C=O) groups is 1. The van der Waals surface area contributed by atoms with Gasteiger partial charge in [-0.15, -0.1) is 0 Å². The van der Waals surface area contributed by atoms with Crippen LogP contribution in [0, 0.1) is 0 Å². The van der Waals surface area contributed by atoms with Crippen molar-refractivity contribution in [1.82, 2.24) is 5.32 Å². The molecule has 0 aliphatic heterocycles. The summed E-state index contributed by atoms with van der Waals surface area (Å²) in [5.41, 5.74) is -0.796. The van der Waals surface area contributed by atoms with Gasteiger partial charge in [0, 0.05) is 6.04 Å². The maximum atomic E-state index is 11.2. The molecular weight excluding hydrogens is 210 g/mol. The lowest BCUT2D eigenvalue weighted by atomic mass is 9.98. The van der Waals surface area contributed by atoms with Gasteiger partial charge in [0.15, 0.2) is 0 Å². The third kappa shape index (κ3) is 6.05. The third-order valence-electron chi connectivity index (χ3n) is 2.13. The molecule has 0 aliphatic rings. The summed E-state index contributed by atoms with van der Waals surface area (Å²) >= 11 is 1.80. The molecule has 90 valence electrons. The van der Waals surface area contributed by atoms with Crippen LogP contribution in [0.15, 0.2) is 0 Å². The SMILES string of the molecule is CC(C)NC(C)(CCSC(C)C)C(=O)O. The second kappa shape index (κ2) is 6.38. The van der Waals surface area contributed by atoms with Crippen LogP contribution in [0.4, 0.5) is 0 Å². The lowest BCUT2D eigenvalue weighted by Crippen LogP contribution is -2.52. The van der Waals surface area contributed by atoms with Gasteiger partial charge >= 0.3 is 5.97 Å². The highest BCUT2D eigenvalue weighted by atomic mass is 32.2. The lowest BCUT2D eigenvalue weighted by Gasteiger charge is -2.28. The Morgan fingerprint density at radius 1 is 1.40 bits per heavy atom. The minimum absolute atomic E-state index is 0.190. The Bertz CT molecular complexity index is 207. The third-order valence-corrected chi connectivity index (χ3v) is 3.24. The van der Waals surface area contributed by atoms with Crippen LogP contribution < -0.4 is 5.32 Å². The molecule has 0 heterocycles. The Labute approximate surface area is 97.0 Å². The average molecular weight is 233 g/mol. The first-order valence-corrected chi connectivity index (χ1v) is 6.45. The number of nitrogens with one attached hydrogen (secondary N) is 1. The van der Waals surface area contributed by atoms with Gasteiger partial charge in [-0.3, -0.25) is 10.1 Å². The molecule has 1 atom stereocenters. The van der Waals surface area contributed by atoms with Crippen molar-refractivity contribution in [1.29, 1.82) is 0 Å². The highest BCUT2D eigenvalue weighted by Crippen LogP contribution is 2.18. The van der Waals surface area contributed by atoms with Gasteiger partial charge in [-0.1, -0.05) is 13.8 Å². The number of hydrogen-bond acceptors (Lipinski definition) is 3. The van der Waals surface area contributed by atoms with Crippen molar-refractivity contribution < 1.29 is 9.90 Å². The fraction of sp³-hybridized carbons (Fsp3) is 0.909. The molecule has 0 bridgehead atoms. The van der Waals surface area contributed by atoms with Crippen molar-refractivity contribution in [3.05, 3.63) is 0 Å². The number of carboxylic acids is 1. The quantitative estimate of drug-likeness (QED) is 0.709. The van der Waals surface area contributed by atoms with Crippen LogP contribution in [-0.4, -0.2) is 33.7 Å². The van der Waals surface area contributed by atoms with E-state index in [1.165, 1.54) is 0 Å². The molecule has 2 N–H and O–H groups in total. The summed E-state index contributed by atoms with van der Waals surface area (Å²) in [7, 11) is 0. The molecule has 0 rings (SSSR count). The minimum Gasteiger partial charge on any atom is -0.480 e. The Morgan fingerprint density at radius 3 is 2.27 bits per heavy atom. The zero-order valence-electron chi connectivity index (χ0n) is 10.3. The summed E-state index contributed by atoms with van der Waals surface area (Å²) in [6.45, 7) is 9.95. The molecule has 15 heavy (non-hydrogen) atoms. The van der Waals surface area contributed by atoms with E-state index in [0.29, 0.717) is 11.7 Å². The van der Waals surface area contributed by atoms with Crippen LogP contribution in [0.1, 0.15) is 41.0 Å². The summed E-state index contributed by atoms with van der Waals surface area (Å²) in [6, 6.07) is 0.190. The molecule has 4 heteroatoms. The Morgan fingerprint density at radius 2 is 1.93 bits per heavy atom. The summed E-state index contributed by atoms with van der Waals surface area (Å²) in [6.07, 6.45) is 0.656. The number of hydrogen-bond donors (Lipinski definition) is 2. The van der Waals surface area contributed by atoms with E-state index in [1.54, 1.807) is 18.7 Å². The Kier molecular flexibility index (Phi) is 6.29. The van der Waals surface area contributed by atoms with Crippen LogP contribution in [0.2, 0.25) is 0 Å². The number of thioether (sulfide) groups is 1. The van der Waals surface area contributed by atoms with Crippen molar-refractivity contribution in [3.8, 4) is 0 Å². The van der Waals surface area contributed by atoms with E-state index in [9.17, 15) is 9.90 Å². The molecule has 0 saturated carbocycles. The van der Waals surface area contributed by atoms with Crippen LogP contribution >= 0.6 is 11.8 Å². The molecule has 0 aromatic carbocycles. The normalized spacial score (nSPS) is 15.7. The van der Waals surface area contributed by atoms with Crippen molar-refractivity contribution in [3.63, 3.8) is 0 Å². The van der Waals surface area contributed by atoms with Gasteiger partial charge in [0.25, 0.3) is 0 Å². The average Bonchev–Trinajstić information content (AvgIpc) is 2.01. The highest BCUT2D eigenvalue weighted by molar-refractivity contribution is 7.99. The Hall–Kier alpha value is -0.220. The standard InChI is InChI=1S/C11H23NO2S/c1-8(2)12-11(5,10(13)14)6-7-15-9(3)4/h8-9,12H,6-7H2,1-5H3,(H,13,14). The Balaban J connectivity index is 4.20. The molecule has 0 aromatic rings. The minimum atomic E-state index is -0.796. The molecule has 0 saturated heterocycles. The second-order valence-electron chi connectivity index (χ2n) is 4.61. The molecule has 0 fully saturated rings. The summed E-state index contributed by atoms with van der Waals surface area (Å²) in [5.74, 6) is 0.112. The van der Waals surface area contributed by atoms with Gasteiger partial charge in [-0.25, -0.2) is 0 Å². The predicted molar refractivity (Wildman–Crippen MR) is 66.5 cm³/mol. The number of rotatable bonds is 7. The first kappa shape index (κ1) is 14.8. The van der Waals surface area contributed by atoms with Crippen LogP contribution in [0.3, 0.4) is 0 Å². The van der Waals surface area contributed by atoms with Gasteiger partial charge in [0.05, 0.1) is 0 Å². The lowest BCUT2D eigenvalue weighted by molar-refractivity contribution is -0.144. The van der Waals surface area contributed by atoms with Crippen molar-refractivity contribution in [2.45, 2.75) is 57.9 Å². The maximum absolute atomic E-state index is 11.2. The summed E-state index contributed by atoms with van der Waals surface area (Å²) < 4.78 is 0. The number of carboxylic acid groups (broad SMARTS) is 1. The van der Waals surface area contributed by atoms with E-state index in [-0.39, 0.29) is 6.04 Å². The van der Waals surface area contributed by atoms with Gasteiger partial charge in [-0.05, 0) is 38.2 Å². The van der Waals surface area contributed by atoms with E-state index in [0.717, 1.165) is 5.75 Å². The molecule has 3 nitrogen and oxygen atoms in total. The van der Waals surface area contributed by atoms with E-state index < -0.39 is 11.5 Å². The van der Waals surface area contributed by atoms with E-state index in [1.807, 2.05) is 13.8 Å². The molecule has 0 radical (unpaired) electrons. The molecule has 1 unspecified atom stereocenters. The first-order chi connectivity index (χ1) is 6.78. The first-order valence-electron chi connectivity index (χ1n) is 5.40. The zero-order chi connectivity index (χ0) is 12.1. The fourth-order valence-corrected chi connectivity index (χ4v) is 2.37. The van der Waals surface area contributed by atoms with Crippen molar-refractivity contribution in [2.24, 2.45) is 0 Å². The maximum Gasteiger partial charge on any atom is 0.323 e. The molecule has 0 aromatic heterocycles. The van der Waals surface area contributed by atoms with Crippen molar-refractivity contribution in [2.75, 3.05) is 5.75 Å². The number of aliphatic carboxylic acids is 1. The van der Waals surface area contributed by atoms with Crippen molar-refractivity contribution >= 4 is 17.7 Å².